The Morgan fingerprint density at radius 1 is 1.40 bits per heavy atom. The van der Waals surface area contributed by atoms with Crippen LogP contribution in [0.15, 0.2) is 0 Å². The molecule has 0 saturated heterocycles. The molecule has 1 aliphatic rings. The molecule has 3 rings (SSSR count). The maximum absolute atomic E-state index is 12.2. The lowest BCUT2D eigenvalue weighted by Gasteiger charge is -2.09. The lowest BCUT2D eigenvalue weighted by atomic mass is 9.96. The fraction of sp³-hybridized carbons (Fsp3) is 0.385. The van der Waals surface area contributed by atoms with Crippen LogP contribution in [0.25, 0.3) is 0 Å². The van der Waals surface area contributed by atoms with Gasteiger partial charge in [-0.25, -0.2) is 0 Å². The van der Waals surface area contributed by atoms with E-state index in [4.69, 9.17) is 0 Å². The lowest BCUT2D eigenvalue weighted by molar-refractivity contribution is 0.103. The number of amides is 1. The van der Waals surface area contributed by atoms with Crippen LogP contribution in [0.2, 0.25) is 0 Å². The highest BCUT2D eigenvalue weighted by Gasteiger charge is 2.23. The average molecular weight is 304 g/mol. The van der Waals surface area contributed by atoms with Gasteiger partial charge in [0.1, 0.15) is 15.9 Å². The summed E-state index contributed by atoms with van der Waals surface area (Å²) in [7, 11) is 0. The van der Waals surface area contributed by atoms with Crippen molar-refractivity contribution in [2.24, 2.45) is 0 Å². The predicted octanol–water partition coefficient (Wildman–Crippen LogP) is 2.91. The molecule has 1 amide bonds. The molecule has 0 unspecified atom stereocenters. The Kier molecular flexibility index (Phi) is 3.51. The van der Waals surface area contributed by atoms with Gasteiger partial charge in [0.25, 0.3) is 5.91 Å². The Hall–Kier alpha value is -1.78. The fourth-order valence-corrected chi connectivity index (χ4v) is 4.16. The molecule has 1 aliphatic carbocycles. The van der Waals surface area contributed by atoms with Gasteiger partial charge in [0.2, 0.25) is 0 Å². The van der Waals surface area contributed by atoms with Gasteiger partial charge >= 0.3 is 0 Å². The van der Waals surface area contributed by atoms with Crippen LogP contribution in [-0.4, -0.2) is 15.5 Å². The number of thiophene rings is 1. The summed E-state index contributed by atoms with van der Waals surface area (Å²) < 4.78 is 3.76. The van der Waals surface area contributed by atoms with Crippen LogP contribution < -0.4 is 5.32 Å². The van der Waals surface area contributed by atoms with Crippen molar-refractivity contribution in [2.45, 2.75) is 32.6 Å². The third-order valence-electron chi connectivity index (χ3n) is 3.37. The van der Waals surface area contributed by atoms with E-state index in [9.17, 15) is 10.1 Å². The van der Waals surface area contributed by atoms with E-state index in [0.29, 0.717) is 21.1 Å². The van der Waals surface area contributed by atoms with Crippen LogP contribution >= 0.6 is 22.9 Å². The first-order valence-electron chi connectivity index (χ1n) is 6.35. The van der Waals surface area contributed by atoms with E-state index in [1.807, 2.05) is 0 Å². The van der Waals surface area contributed by atoms with E-state index in [-0.39, 0.29) is 5.91 Å². The second-order valence-corrected chi connectivity index (χ2v) is 6.53. The number of hydrogen-bond donors (Lipinski definition) is 1. The Bertz CT molecular complexity index is 711. The number of carbonyl (C=O) groups is 1. The molecule has 0 bridgehead atoms. The number of aryl methyl sites for hydroxylation is 2. The molecule has 0 radical (unpaired) electrons. The van der Waals surface area contributed by atoms with Crippen molar-refractivity contribution in [3.05, 3.63) is 26.6 Å². The minimum atomic E-state index is -0.229. The molecule has 0 fully saturated rings. The number of hydrogen-bond acceptors (Lipinski definition) is 6. The molecule has 0 aliphatic heterocycles. The van der Waals surface area contributed by atoms with Crippen LogP contribution in [0, 0.1) is 18.3 Å². The zero-order valence-electron chi connectivity index (χ0n) is 10.9. The van der Waals surface area contributed by atoms with Gasteiger partial charge in [-0.1, -0.05) is 4.49 Å². The summed E-state index contributed by atoms with van der Waals surface area (Å²) in [4.78, 5) is 13.9. The molecular weight excluding hydrogens is 292 g/mol. The van der Waals surface area contributed by atoms with Crippen molar-refractivity contribution < 1.29 is 4.79 Å². The summed E-state index contributed by atoms with van der Waals surface area (Å²) in [6, 6.07) is 2.24. The normalized spacial score (nSPS) is 13.6. The summed E-state index contributed by atoms with van der Waals surface area (Å²) in [6.07, 6.45) is 4.21. The summed E-state index contributed by atoms with van der Waals surface area (Å²) >= 11 is 2.60. The quantitative estimate of drug-likeness (QED) is 0.925. The fourth-order valence-electron chi connectivity index (χ4n) is 2.37. The molecule has 0 atom stereocenters. The van der Waals surface area contributed by atoms with Crippen LogP contribution in [0.5, 0.6) is 0 Å². The zero-order valence-corrected chi connectivity index (χ0v) is 12.5. The molecule has 2 aromatic rings. The van der Waals surface area contributed by atoms with Crippen LogP contribution in [0.4, 0.5) is 5.00 Å². The number of nitriles is 1. The molecule has 1 N–H and O–H groups in total. The molecule has 7 heteroatoms. The number of rotatable bonds is 2. The molecule has 0 aromatic carbocycles. The number of fused-ring (bicyclic) bond motifs is 1. The van der Waals surface area contributed by atoms with Gasteiger partial charge in [-0.3, -0.25) is 4.79 Å². The van der Waals surface area contributed by atoms with E-state index in [0.717, 1.165) is 42.8 Å². The number of carbonyl (C=O) groups excluding carboxylic acids is 1. The first-order valence-corrected chi connectivity index (χ1v) is 7.94. The van der Waals surface area contributed by atoms with Crippen molar-refractivity contribution in [1.82, 2.24) is 9.59 Å². The van der Waals surface area contributed by atoms with Crippen molar-refractivity contribution in [2.75, 3.05) is 5.32 Å². The van der Waals surface area contributed by atoms with Gasteiger partial charge in [0.05, 0.1) is 11.3 Å². The van der Waals surface area contributed by atoms with Crippen molar-refractivity contribution in [3.63, 3.8) is 0 Å². The Labute approximate surface area is 124 Å². The van der Waals surface area contributed by atoms with Crippen molar-refractivity contribution >= 4 is 33.8 Å². The Morgan fingerprint density at radius 2 is 2.20 bits per heavy atom. The number of anilines is 1. The minimum Gasteiger partial charge on any atom is -0.312 e. The molecule has 20 heavy (non-hydrogen) atoms. The van der Waals surface area contributed by atoms with Gasteiger partial charge < -0.3 is 5.32 Å². The monoisotopic (exact) mass is 304 g/mol. The summed E-state index contributed by atoms with van der Waals surface area (Å²) in [5.74, 6) is -0.229. The van der Waals surface area contributed by atoms with E-state index >= 15 is 0 Å². The van der Waals surface area contributed by atoms with Gasteiger partial charge in [0, 0.05) is 4.88 Å². The molecule has 0 saturated carbocycles. The molecule has 2 heterocycles. The third-order valence-corrected chi connectivity index (χ3v) is 5.40. The van der Waals surface area contributed by atoms with Crippen molar-refractivity contribution in [3.8, 4) is 6.07 Å². The summed E-state index contributed by atoms with van der Waals surface area (Å²) in [5, 5.41) is 16.7. The standard InChI is InChI=1S/C13H12N4OS2/c1-7-11(20-17-16-7)12(18)15-13-9(6-14)8-4-2-3-5-10(8)19-13/h2-5H2,1H3,(H,15,18). The Morgan fingerprint density at radius 3 is 2.90 bits per heavy atom. The van der Waals surface area contributed by atoms with Crippen LogP contribution in [0.3, 0.4) is 0 Å². The summed E-state index contributed by atoms with van der Waals surface area (Å²) in [5.41, 5.74) is 2.37. The van der Waals surface area contributed by atoms with E-state index in [2.05, 4.69) is 21.0 Å². The second kappa shape index (κ2) is 5.31. The molecular formula is C13H12N4OS2. The maximum atomic E-state index is 12.2. The smallest absolute Gasteiger partial charge is 0.269 e. The largest absolute Gasteiger partial charge is 0.312 e. The molecule has 2 aromatic heterocycles. The highest BCUT2D eigenvalue weighted by atomic mass is 32.1. The second-order valence-electron chi connectivity index (χ2n) is 4.67. The zero-order chi connectivity index (χ0) is 14.1. The first-order chi connectivity index (χ1) is 9.70. The highest BCUT2D eigenvalue weighted by molar-refractivity contribution is 7.17. The van der Waals surface area contributed by atoms with Gasteiger partial charge in [0.15, 0.2) is 0 Å². The SMILES string of the molecule is Cc1nnsc1C(=O)Nc1sc2c(c1C#N)CCCC2. The lowest BCUT2D eigenvalue weighted by Crippen LogP contribution is -2.11. The number of nitrogens with zero attached hydrogens (tertiary/aromatic N) is 3. The highest BCUT2D eigenvalue weighted by Crippen LogP contribution is 2.37. The van der Waals surface area contributed by atoms with Gasteiger partial charge in [-0.15, -0.1) is 16.4 Å². The first kappa shape index (κ1) is 13.2. The summed E-state index contributed by atoms with van der Waals surface area (Å²) in [6.45, 7) is 1.75. The maximum Gasteiger partial charge on any atom is 0.269 e. The van der Waals surface area contributed by atoms with Gasteiger partial charge in [-0.2, -0.15) is 5.26 Å². The average Bonchev–Trinajstić information content (AvgIpc) is 3.01. The van der Waals surface area contributed by atoms with Crippen LogP contribution in [0.1, 0.15) is 44.2 Å². The molecule has 102 valence electrons. The van der Waals surface area contributed by atoms with E-state index < -0.39 is 0 Å². The topological polar surface area (TPSA) is 78.7 Å². The predicted molar refractivity (Wildman–Crippen MR) is 78.3 cm³/mol. The number of nitrogens with one attached hydrogen (secondary N) is 1. The molecule has 0 spiro atoms. The Balaban J connectivity index is 1.92. The number of aromatic nitrogens is 2. The third kappa shape index (κ3) is 2.21. The van der Waals surface area contributed by atoms with E-state index in [1.54, 1.807) is 6.92 Å². The van der Waals surface area contributed by atoms with Crippen molar-refractivity contribution in [1.29, 1.82) is 5.26 Å². The molecule has 5 nitrogen and oxygen atoms in total. The van der Waals surface area contributed by atoms with Crippen LogP contribution in [-0.2, 0) is 12.8 Å². The van der Waals surface area contributed by atoms with Gasteiger partial charge in [-0.05, 0) is 49.7 Å². The minimum absolute atomic E-state index is 0.229. The van der Waals surface area contributed by atoms with E-state index in [1.165, 1.54) is 16.2 Å².